The molecule has 3 aromatic rings. The molecule has 0 spiro atoms. The minimum absolute atomic E-state index is 0.555. The largest absolute Gasteiger partial charge is 0.494 e. The van der Waals surface area contributed by atoms with Gasteiger partial charge in [-0.2, -0.15) is 4.98 Å². The molecule has 152 valence electrons. The van der Waals surface area contributed by atoms with Gasteiger partial charge in [0.25, 0.3) is 0 Å². The highest BCUT2D eigenvalue weighted by Gasteiger charge is 2.32. The SMILES string of the molecule is COc1cccc2c(NCc3ccccc3)nc(N3C(=N)CC4=C3CCCC4)nc12. The maximum atomic E-state index is 8.60. The van der Waals surface area contributed by atoms with E-state index in [1.807, 2.05) is 41.3 Å². The molecule has 2 N–H and O–H groups in total. The normalized spacial score (nSPS) is 16.2. The van der Waals surface area contributed by atoms with Gasteiger partial charge in [-0.1, -0.05) is 36.4 Å². The van der Waals surface area contributed by atoms with Crippen LogP contribution in [0.3, 0.4) is 0 Å². The van der Waals surface area contributed by atoms with E-state index in [0.29, 0.717) is 30.5 Å². The lowest BCUT2D eigenvalue weighted by molar-refractivity contribution is 0.419. The van der Waals surface area contributed by atoms with E-state index in [1.54, 1.807) is 7.11 Å². The first-order chi connectivity index (χ1) is 14.7. The average Bonchev–Trinajstić information content (AvgIpc) is 3.13. The molecule has 2 aromatic carbocycles. The summed E-state index contributed by atoms with van der Waals surface area (Å²) in [6, 6.07) is 16.1. The summed E-state index contributed by atoms with van der Waals surface area (Å²) in [7, 11) is 1.66. The fourth-order valence-corrected chi connectivity index (χ4v) is 4.39. The third kappa shape index (κ3) is 3.28. The fourth-order valence-electron chi connectivity index (χ4n) is 4.39. The van der Waals surface area contributed by atoms with E-state index in [-0.39, 0.29) is 0 Å². The monoisotopic (exact) mass is 399 g/mol. The Kier molecular flexibility index (Phi) is 4.83. The van der Waals surface area contributed by atoms with Gasteiger partial charge in [0.1, 0.15) is 22.9 Å². The van der Waals surface area contributed by atoms with Gasteiger partial charge in [-0.3, -0.25) is 10.3 Å². The molecule has 6 heteroatoms. The molecule has 1 aliphatic carbocycles. The van der Waals surface area contributed by atoms with E-state index >= 15 is 0 Å². The summed E-state index contributed by atoms with van der Waals surface area (Å²) in [6.45, 7) is 0.662. The Morgan fingerprint density at radius 3 is 2.70 bits per heavy atom. The molecule has 0 unspecified atom stereocenters. The first-order valence-electron chi connectivity index (χ1n) is 10.5. The molecule has 1 aromatic heterocycles. The van der Waals surface area contributed by atoms with Crippen LogP contribution >= 0.6 is 0 Å². The molecule has 6 nitrogen and oxygen atoms in total. The van der Waals surface area contributed by atoms with Crippen LogP contribution in [0.4, 0.5) is 11.8 Å². The second-order valence-corrected chi connectivity index (χ2v) is 7.78. The summed E-state index contributed by atoms with van der Waals surface area (Å²) in [6.07, 6.45) is 5.12. The molecule has 5 rings (SSSR count). The van der Waals surface area contributed by atoms with Crippen LogP contribution in [0.1, 0.15) is 37.7 Å². The van der Waals surface area contributed by atoms with Crippen LogP contribution in [0.15, 0.2) is 59.8 Å². The molecule has 0 saturated heterocycles. The van der Waals surface area contributed by atoms with Crippen molar-refractivity contribution < 1.29 is 4.74 Å². The van der Waals surface area contributed by atoms with Crippen molar-refractivity contribution in [2.75, 3.05) is 17.3 Å². The predicted molar refractivity (Wildman–Crippen MR) is 120 cm³/mol. The fraction of sp³-hybridized carbons (Fsp3) is 0.292. The number of aromatic nitrogens is 2. The second kappa shape index (κ2) is 7.78. The van der Waals surface area contributed by atoms with Gasteiger partial charge < -0.3 is 10.1 Å². The van der Waals surface area contributed by atoms with Crippen LogP contribution in [0.25, 0.3) is 10.9 Å². The first-order valence-corrected chi connectivity index (χ1v) is 10.5. The molecular weight excluding hydrogens is 374 g/mol. The summed E-state index contributed by atoms with van der Waals surface area (Å²) in [4.78, 5) is 11.7. The van der Waals surface area contributed by atoms with Crippen molar-refractivity contribution in [3.8, 4) is 5.75 Å². The van der Waals surface area contributed by atoms with Crippen LogP contribution in [0.2, 0.25) is 0 Å². The van der Waals surface area contributed by atoms with Crippen LogP contribution in [0, 0.1) is 5.41 Å². The molecular formula is C24H25N5O. The number of hydrogen-bond donors (Lipinski definition) is 2. The molecule has 0 radical (unpaired) electrons. The minimum atomic E-state index is 0.555. The van der Waals surface area contributed by atoms with Gasteiger partial charge in [-0.15, -0.1) is 0 Å². The van der Waals surface area contributed by atoms with Gasteiger partial charge in [-0.25, -0.2) is 4.98 Å². The van der Waals surface area contributed by atoms with E-state index in [2.05, 4.69) is 17.4 Å². The van der Waals surface area contributed by atoms with Gasteiger partial charge in [0, 0.05) is 24.0 Å². The number of para-hydroxylation sites is 1. The number of fused-ring (bicyclic) bond motifs is 1. The molecule has 1 aliphatic heterocycles. The Bertz CT molecular complexity index is 1140. The van der Waals surface area contributed by atoms with E-state index in [4.69, 9.17) is 20.1 Å². The van der Waals surface area contributed by atoms with Gasteiger partial charge >= 0.3 is 0 Å². The number of nitrogens with one attached hydrogen (secondary N) is 2. The Morgan fingerprint density at radius 2 is 1.87 bits per heavy atom. The standard InChI is InChI=1S/C24H25N5O/c1-30-20-13-7-11-18-22(20)27-24(28-23(18)26-15-16-8-3-2-4-9-16)29-19-12-6-5-10-17(19)14-21(29)25/h2-4,7-9,11,13,25H,5-6,10,12,14-15H2,1H3,(H,26,27,28). The number of allylic oxidation sites excluding steroid dienone is 1. The predicted octanol–water partition coefficient (Wildman–Crippen LogP) is 5.27. The number of nitrogens with zero attached hydrogens (tertiary/aromatic N) is 3. The van der Waals surface area contributed by atoms with E-state index in [9.17, 15) is 0 Å². The second-order valence-electron chi connectivity index (χ2n) is 7.78. The number of hydrogen-bond acceptors (Lipinski definition) is 5. The summed E-state index contributed by atoms with van der Waals surface area (Å²) in [5, 5.41) is 13.0. The molecule has 0 atom stereocenters. The summed E-state index contributed by atoms with van der Waals surface area (Å²) >= 11 is 0. The Hall–Kier alpha value is -3.41. The van der Waals surface area contributed by atoms with Crippen molar-refractivity contribution in [3.05, 3.63) is 65.4 Å². The lowest BCUT2D eigenvalue weighted by atomic mass is 9.96. The molecule has 2 aliphatic rings. The van der Waals surface area contributed by atoms with Crippen molar-refractivity contribution in [1.29, 1.82) is 5.41 Å². The van der Waals surface area contributed by atoms with E-state index in [0.717, 1.165) is 36.0 Å². The van der Waals surface area contributed by atoms with Crippen molar-refractivity contribution in [2.45, 2.75) is 38.6 Å². The maximum Gasteiger partial charge on any atom is 0.237 e. The van der Waals surface area contributed by atoms with Gasteiger partial charge in [0.2, 0.25) is 5.95 Å². The lowest BCUT2D eigenvalue weighted by Gasteiger charge is -2.24. The maximum absolute atomic E-state index is 8.60. The zero-order valence-electron chi connectivity index (χ0n) is 17.1. The quantitative estimate of drug-likeness (QED) is 0.612. The molecule has 0 saturated carbocycles. The van der Waals surface area contributed by atoms with Crippen LogP contribution < -0.4 is 15.0 Å². The first kappa shape index (κ1) is 18.6. The van der Waals surface area contributed by atoms with Crippen LogP contribution in [-0.2, 0) is 6.54 Å². The van der Waals surface area contributed by atoms with E-state index < -0.39 is 0 Å². The molecule has 0 amide bonds. The number of methoxy groups -OCH3 is 1. The number of ether oxygens (including phenoxy) is 1. The average molecular weight is 399 g/mol. The number of benzene rings is 2. The van der Waals surface area contributed by atoms with Crippen molar-refractivity contribution in [3.63, 3.8) is 0 Å². The summed E-state index contributed by atoms with van der Waals surface area (Å²) in [5.74, 6) is 2.59. The Balaban J connectivity index is 1.60. The van der Waals surface area contributed by atoms with Gasteiger partial charge in [0.05, 0.1) is 7.11 Å². The zero-order valence-corrected chi connectivity index (χ0v) is 17.1. The Labute approximate surface area is 176 Å². The third-order valence-electron chi connectivity index (χ3n) is 5.87. The highest BCUT2D eigenvalue weighted by molar-refractivity contribution is 6.03. The molecule has 0 bridgehead atoms. The summed E-state index contributed by atoms with van der Waals surface area (Å²) in [5.41, 5.74) is 4.53. The third-order valence-corrected chi connectivity index (χ3v) is 5.87. The highest BCUT2D eigenvalue weighted by Crippen LogP contribution is 2.39. The van der Waals surface area contributed by atoms with Gasteiger partial charge in [0.15, 0.2) is 0 Å². The Morgan fingerprint density at radius 1 is 1.03 bits per heavy atom. The molecule has 30 heavy (non-hydrogen) atoms. The van der Waals surface area contributed by atoms with Crippen LogP contribution in [-0.4, -0.2) is 22.9 Å². The molecule has 2 heterocycles. The van der Waals surface area contributed by atoms with Crippen molar-refractivity contribution in [2.24, 2.45) is 0 Å². The zero-order chi connectivity index (χ0) is 20.5. The number of anilines is 2. The van der Waals surface area contributed by atoms with Crippen molar-refractivity contribution in [1.82, 2.24) is 9.97 Å². The van der Waals surface area contributed by atoms with E-state index in [1.165, 1.54) is 23.3 Å². The van der Waals surface area contributed by atoms with Crippen molar-refractivity contribution >= 4 is 28.5 Å². The highest BCUT2D eigenvalue weighted by atomic mass is 16.5. The number of amidine groups is 1. The smallest absolute Gasteiger partial charge is 0.237 e. The molecule has 0 fully saturated rings. The minimum Gasteiger partial charge on any atom is -0.494 e. The van der Waals surface area contributed by atoms with Crippen LogP contribution in [0.5, 0.6) is 5.75 Å². The number of rotatable bonds is 5. The lowest BCUT2D eigenvalue weighted by Crippen LogP contribution is -2.27. The summed E-state index contributed by atoms with van der Waals surface area (Å²) < 4.78 is 5.59. The topological polar surface area (TPSA) is 74.1 Å². The van der Waals surface area contributed by atoms with Gasteiger partial charge in [-0.05, 0) is 49.0 Å².